The number of aromatic nitrogens is 1. The van der Waals surface area contributed by atoms with Crippen molar-refractivity contribution in [3.8, 4) is 11.9 Å². The molecule has 0 amide bonds. The van der Waals surface area contributed by atoms with Gasteiger partial charge in [-0.15, -0.1) is 0 Å². The molecule has 0 fully saturated rings. The van der Waals surface area contributed by atoms with E-state index in [2.05, 4.69) is 25.0 Å². The molecule has 0 spiro atoms. The standard InChI is InChI=1S/C12H18N4O/c1-9(2)11(16(3)8-13)7-17-10-4-5-15-12(14)6-10/h4-6,9,11H,7H2,1-3H3,(H2,14,15). The molecule has 1 rings (SSSR count). The molecule has 1 aromatic heterocycles. The van der Waals surface area contributed by atoms with Crippen LogP contribution in [0.4, 0.5) is 5.82 Å². The molecule has 2 N–H and O–H groups in total. The van der Waals surface area contributed by atoms with E-state index in [0.717, 1.165) is 0 Å². The number of anilines is 1. The highest BCUT2D eigenvalue weighted by molar-refractivity contribution is 5.35. The average molecular weight is 234 g/mol. The number of hydrogen-bond acceptors (Lipinski definition) is 5. The van der Waals surface area contributed by atoms with Crippen molar-refractivity contribution < 1.29 is 4.74 Å². The first kappa shape index (κ1) is 13.1. The molecule has 0 saturated carbocycles. The zero-order chi connectivity index (χ0) is 12.8. The summed E-state index contributed by atoms with van der Waals surface area (Å²) < 4.78 is 5.62. The third-order valence-electron chi connectivity index (χ3n) is 2.60. The van der Waals surface area contributed by atoms with Crippen molar-refractivity contribution in [3.05, 3.63) is 18.3 Å². The lowest BCUT2D eigenvalue weighted by Gasteiger charge is -2.26. The van der Waals surface area contributed by atoms with E-state index >= 15 is 0 Å². The van der Waals surface area contributed by atoms with Gasteiger partial charge in [0.15, 0.2) is 6.19 Å². The van der Waals surface area contributed by atoms with Gasteiger partial charge in [0.2, 0.25) is 0 Å². The van der Waals surface area contributed by atoms with Gasteiger partial charge in [0.25, 0.3) is 0 Å². The van der Waals surface area contributed by atoms with Gasteiger partial charge < -0.3 is 15.4 Å². The second-order valence-electron chi connectivity index (χ2n) is 4.25. The van der Waals surface area contributed by atoms with Gasteiger partial charge in [-0.25, -0.2) is 4.98 Å². The maximum atomic E-state index is 8.89. The van der Waals surface area contributed by atoms with Crippen LogP contribution in [0, 0.1) is 17.4 Å². The summed E-state index contributed by atoms with van der Waals surface area (Å²) in [5.41, 5.74) is 5.56. The summed E-state index contributed by atoms with van der Waals surface area (Å²) in [4.78, 5) is 5.49. The van der Waals surface area contributed by atoms with Crippen molar-refractivity contribution in [1.82, 2.24) is 9.88 Å². The first-order chi connectivity index (χ1) is 8.04. The third kappa shape index (κ3) is 3.83. The molecule has 0 saturated heterocycles. The summed E-state index contributed by atoms with van der Waals surface area (Å²) in [5.74, 6) is 1.44. The number of nitrogens with zero attached hydrogens (tertiary/aromatic N) is 3. The number of rotatable bonds is 5. The van der Waals surface area contributed by atoms with Crippen molar-refractivity contribution in [1.29, 1.82) is 5.26 Å². The number of pyridine rings is 1. The molecule has 1 aromatic rings. The van der Waals surface area contributed by atoms with Crippen LogP contribution in [0.15, 0.2) is 18.3 Å². The normalized spacial score (nSPS) is 11.9. The van der Waals surface area contributed by atoms with Crippen LogP contribution in [0.3, 0.4) is 0 Å². The highest BCUT2D eigenvalue weighted by Gasteiger charge is 2.18. The van der Waals surface area contributed by atoms with E-state index in [-0.39, 0.29) is 6.04 Å². The Morgan fingerprint density at radius 3 is 2.82 bits per heavy atom. The fourth-order valence-electron chi connectivity index (χ4n) is 1.52. The lowest BCUT2D eigenvalue weighted by Crippen LogP contribution is -2.37. The molecule has 92 valence electrons. The minimum Gasteiger partial charge on any atom is -0.491 e. The Kier molecular flexibility index (Phi) is 4.58. The van der Waals surface area contributed by atoms with Crippen LogP contribution < -0.4 is 10.5 Å². The monoisotopic (exact) mass is 234 g/mol. The van der Waals surface area contributed by atoms with Gasteiger partial charge in [-0.1, -0.05) is 13.8 Å². The van der Waals surface area contributed by atoms with Crippen LogP contribution in [-0.4, -0.2) is 29.6 Å². The summed E-state index contributed by atoms with van der Waals surface area (Å²) in [6.07, 6.45) is 3.71. The van der Waals surface area contributed by atoms with Gasteiger partial charge in [-0.05, 0) is 12.0 Å². The van der Waals surface area contributed by atoms with Crippen LogP contribution in [0.1, 0.15) is 13.8 Å². The van der Waals surface area contributed by atoms with E-state index < -0.39 is 0 Å². The molecular formula is C12H18N4O. The zero-order valence-electron chi connectivity index (χ0n) is 10.4. The molecule has 5 nitrogen and oxygen atoms in total. The molecule has 0 bridgehead atoms. The van der Waals surface area contributed by atoms with Gasteiger partial charge >= 0.3 is 0 Å². The molecule has 0 aromatic carbocycles. The molecule has 1 unspecified atom stereocenters. The molecule has 1 heterocycles. The summed E-state index contributed by atoms with van der Waals surface area (Å²) in [7, 11) is 1.76. The van der Waals surface area contributed by atoms with Crippen LogP contribution in [0.25, 0.3) is 0 Å². The average Bonchev–Trinajstić information content (AvgIpc) is 2.28. The largest absolute Gasteiger partial charge is 0.491 e. The van der Waals surface area contributed by atoms with E-state index in [4.69, 9.17) is 15.7 Å². The Bertz CT molecular complexity index is 400. The second-order valence-corrected chi connectivity index (χ2v) is 4.25. The minimum atomic E-state index is 0.0504. The summed E-state index contributed by atoms with van der Waals surface area (Å²) in [6.45, 7) is 4.57. The van der Waals surface area contributed by atoms with Gasteiger partial charge in [-0.2, -0.15) is 5.26 Å². The van der Waals surface area contributed by atoms with Gasteiger partial charge in [0, 0.05) is 19.3 Å². The first-order valence-corrected chi connectivity index (χ1v) is 5.51. The van der Waals surface area contributed by atoms with Crippen molar-refractivity contribution in [2.24, 2.45) is 5.92 Å². The Labute approximate surface area is 102 Å². The zero-order valence-corrected chi connectivity index (χ0v) is 10.4. The van der Waals surface area contributed by atoms with E-state index in [1.54, 1.807) is 30.3 Å². The predicted octanol–water partition coefficient (Wildman–Crippen LogP) is 1.48. The second kappa shape index (κ2) is 5.94. The minimum absolute atomic E-state index is 0.0504. The van der Waals surface area contributed by atoms with Crippen LogP contribution >= 0.6 is 0 Å². The van der Waals surface area contributed by atoms with Crippen molar-refractivity contribution in [2.75, 3.05) is 19.4 Å². The number of nitrogen functional groups attached to an aromatic ring is 1. The Balaban J connectivity index is 2.62. The number of ether oxygens (including phenoxy) is 1. The van der Waals surface area contributed by atoms with Gasteiger partial charge in [0.1, 0.15) is 18.2 Å². The fraction of sp³-hybridized carbons (Fsp3) is 0.500. The smallest absolute Gasteiger partial charge is 0.179 e. The highest BCUT2D eigenvalue weighted by atomic mass is 16.5. The van der Waals surface area contributed by atoms with Crippen molar-refractivity contribution in [3.63, 3.8) is 0 Å². The van der Waals surface area contributed by atoms with Crippen LogP contribution in [0.5, 0.6) is 5.75 Å². The Morgan fingerprint density at radius 1 is 1.59 bits per heavy atom. The number of nitriles is 1. The molecule has 0 aliphatic rings. The number of hydrogen-bond donors (Lipinski definition) is 1. The summed E-state index contributed by atoms with van der Waals surface area (Å²) >= 11 is 0. The van der Waals surface area contributed by atoms with Crippen molar-refractivity contribution >= 4 is 5.82 Å². The first-order valence-electron chi connectivity index (χ1n) is 5.51. The summed E-state index contributed by atoms with van der Waals surface area (Å²) in [5, 5.41) is 8.89. The quantitative estimate of drug-likeness (QED) is 0.617. The fourth-order valence-corrected chi connectivity index (χ4v) is 1.52. The molecule has 0 radical (unpaired) electrons. The van der Waals surface area contributed by atoms with E-state index in [1.807, 2.05) is 0 Å². The Hall–Kier alpha value is -1.96. The SMILES string of the molecule is CC(C)C(COc1ccnc(N)c1)N(C)C#N. The molecule has 17 heavy (non-hydrogen) atoms. The molecule has 0 aliphatic heterocycles. The molecule has 5 heteroatoms. The lowest BCUT2D eigenvalue weighted by molar-refractivity contribution is 0.168. The van der Waals surface area contributed by atoms with Gasteiger partial charge in [0.05, 0.1) is 6.04 Å². The number of nitrogens with two attached hydrogens (primary N) is 1. The van der Waals surface area contributed by atoms with Crippen molar-refractivity contribution in [2.45, 2.75) is 19.9 Å². The molecule has 1 atom stereocenters. The molecular weight excluding hydrogens is 216 g/mol. The maximum absolute atomic E-state index is 8.89. The summed E-state index contributed by atoms with van der Waals surface area (Å²) in [6, 6.07) is 3.47. The van der Waals surface area contributed by atoms with Crippen LogP contribution in [0.2, 0.25) is 0 Å². The van der Waals surface area contributed by atoms with E-state index in [9.17, 15) is 0 Å². The Morgan fingerprint density at radius 2 is 2.29 bits per heavy atom. The topological polar surface area (TPSA) is 75.2 Å². The predicted molar refractivity (Wildman–Crippen MR) is 66.1 cm³/mol. The number of likely N-dealkylation sites (N-methyl/N-ethyl adjacent to an activating group) is 1. The lowest BCUT2D eigenvalue weighted by atomic mass is 10.0. The maximum Gasteiger partial charge on any atom is 0.179 e. The highest BCUT2D eigenvalue weighted by Crippen LogP contribution is 2.15. The van der Waals surface area contributed by atoms with E-state index in [0.29, 0.717) is 24.1 Å². The molecule has 0 aliphatic carbocycles. The van der Waals surface area contributed by atoms with E-state index in [1.165, 1.54) is 0 Å². The third-order valence-corrected chi connectivity index (χ3v) is 2.60. The van der Waals surface area contributed by atoms with Crippen LogP contribution in [-0.2, 0) is 0 Å². The van der Waals surface area contributed by atoms with Gasteiger partial charge in [-0.3, -0.25) is 0 Å².